The molecule has 1 saturated heterocycles. The molecule has 0 spiro atoms. The molecule has 2 aliphatic rings. The Balaban J connectivity index is 1.37. The molecule has 2 aromatic heterocycles. The van der Waals surface area contributed by atoms with Crippen LogP contribution in [0.3, 0.4) is 0 Å². The van der Waals surface area contributed by atoms with E-state index in [0.717, 1.165) is 24.0 Å². The summed E-state index contributed by atoms with van der Waals surface area (Å²) in [6, 6.07) is 10.5. The fourth-order valence-corrected chi connectivity index (χ4v) is 4.85. The van der Waals surface area contributed by atoms with Crippen LogP contribution < -0.4 is 15.2 Å². The van der Waals surface area contributed by atoms with Gasteiger partial charge >= 0.3 is 0 Å². The minimum absolute atomic E-state index is 0.0986. The molecule has 4 atom stereocenters. The molecule has 5 rings (SSSR count). The van der Waals surface area contributed by atoms with Gasteiger partial charge in [-0.2, -0.15) is 13.1 Å². The van der Waals surface area contributed by atoms with Crippen molar-refractivity contribution in [1.29, 1.82) is 0 Å². The molecule has 3 heterocycles. The Bertz CT molecular complexity index is 1210. The van der Waals surface area contributed by atoms with Gasteiger partial charge in [-0.3, -0.25) is 0 Å². The van der Waals surface area contributed by atoms with E-state index in [2.05, 4.69) is 44.3 Å². The van der Waals surface area contributed by atoms with E-state index >= 15 is 0 Å². The number of nitrogens with zero attached hydrogens (tertiary/aromatic N) is 3. The number of hydrogen-bond acceptors (Lipinski definition) is 7. The van der Waals surface area contributed by atoms with Crippen LogP contribution in [0.1, 0.15) is 36.2 Å². The number of benzene rings is 1. The van der Waals surface area contributed by atoms with Crippen molar-refractivity contribution in [2.24, 2.45) is 5.14 Å². The number of nitrogens with one attached hydrogen (secondary N) is 2. The Hall–Kier alpha value is -2.57. The highest BCUT2D eigenvalue weighted by atomic mass is 32.2. The second-order valence-electron chi connectivity index (χ2n) is 7.94. The van der Waals surface area contributed by atoms with E-state index in [1.54, 1.807) is 0 Å². The van der Waals surface area contributed by atoms with Crippen LogP contribution >= 0.6 is 0 Å². The number of ether oxygens (including phenoxy) is 1. The van der Waals surface area contributed by atoms with Crippen molar-refractivity contribution in [2.75, 3.05) is 11.9 Å². The van der Waals surface area contributed by atoms with E-state index in [4.69, 9.17) is 9.88 Å². The first kappa shape index (κ1) is 20.3. The Morgan fingerprint density at radius 1 is 1.26 bits per heavy atom. The first-order chi connectivity index (χ1) is 14.9. The maximum atomic E-state index is 11.1. The highest BCUT2D eigenvalue weighted by molar-refractivity contribution is 7.87. The number of nitrogens with two attached hydrogens (primary N) is 1. The van der Waals surface area contributed by atoms with E-state index < -0.39 is 28.6 Å². The topological polar surface area (TPSA) is 144 Å². The van der Waals surface area contributed by atoms with E-state index in [1.165, 1.54) is 17.5 Å². The van der Waals surface area contributed by atoms with Crippen molar-refractivity contribution >= 4 is 27.1 Å². The minimum atomic E-state index is -3.86. The van der Waals surface area contributed by atoms with Crippen molar-refractivity contribution in [3.63, 3.8) is 0 Å². The van der Waals surface area contributed by atoms with Gasteiger partial charge in [-0.05, 0) is 30.0 Å². The number of fused-ring (bicyclic) bond motifs is 2. The standard InChI is InChI=1S/C20H24N6O4S/c21-31(28,29)24-10-17-16(27)9-18(30-17)26-8-7-14-19(22-11-23-20(14)26)25-15-6-5-12-3-1-2-4-13(12)15/h1-4,7-8,11,15-18,24,27H,5-6,9-10H2,(H2,21,28,29)(H,22,23,25)/t15-,16-,17-,18+/m0/s1. The van der Waals surface area contributed by atoms with Gasteiger partial charge in [0.25, 0.3) is 10.2 Å². The molecule has 5 N–H and O–H groups in total. The van der Waals surface area contributed by atoms with E-state index in [1.807, 2.05) is 16.8 Å². The third kappa shape index (κ3) is 4.02. The van der Waals surface area contributed by atoms with Crippen LogP contribution in [0.4, 0.5) is 5.82 Å². The average Bonchev–Trinajstić information content (AvgIpc) is 3.43. The zero-order chi connectivity index (χ0) is 21.6. The van der Waals surface area contributed by atoms with Crippen LogP contribution in [-0.2, 0) is 21.4 Å². The van der Waals surface area contributed by atoms with Crippen molar-refractivity contribution in [3.05, 3.63) is 54.0 Å². The molecule has 31 heavy (non-hydrogen) atoms. The summed E-state index contributed by atoms with van der Waals surface area (Å²) in [4.78, 5) is 8.87. The molecule has 1 fully saturated rings. The predicted octanol–water partition coefficient (Wildman–Crippen LogP) is 0.972. The van der Waals surface area contributed by atoms with Crippen LogP contribution in [0.15, 0.2) is 42.9 Å². The molecule has 3 aromatic rings. The summed E-state index contributed by atoms with van der Waals surface area (Å²) in [6.07, 6.45) is 3.69. The number of aliphatic hydroxyl groups is 1. The molecule has 164 valence electrons. The van der Waals surface area contributed by atoms with E-state index in [9.17, 15) is 13.5 Å². The van der Waals surface area contributed by atoms with Gasteiger partial charge in [-0.1, -0.05) is 24.3 Å². The smallest absolute Gasteiger partial charge is 0.274 e. The lowest BCUT2D eigenvalue weighted by Crippen LogP contribution is -2.40. The summed E-state index contributed by atoms with van der Waals surface area (Å²) in [7, 11) is -3.86. The molecular weight excluding hydrogens is 420 g/mol. The lowest BCUT2D eigenvalue weighted by molar-refractivity contribution is -0.0130. The van der Waals surface area contributed by atoms with Crippen LogP contribution in [0.5, 0.6) is 0 Å². The highest BCUT2D eigenvalue weighted by Crippen LogP contribution is 2.36. The first-order valence-electron chi connectivity index (χ1n) is 10.2. The maximum absolute atomic E-state index is 11.1. The molecule has 0 saturated carbocycles. The fourth-order valence-electron chi connectivity index (χ4n) is 4.46. The van der Waals surface area contributed by atoms with Crippen molar-refractivity contribution in [2.45, 2.75) is 43.7 Å². The van der Waals surface area contributed by atoms with Gasteiger partial charge in [-0.25, -0.2) is 15.1 Å². The number of aliphatic hydroxyl groups excluding tert-OH is 1. The Morgan fingerprint density at radius 2 is 2.10 bits per heavy atom. The monoisotopic (exact) mass is 444 g/mol. The molecule has 10 nitrogen and oxygen atoms in total. The summed E-state index contributed by atoms with van der Waals surface area (Å²) in [5.74, 6) is 0.747. The van der Waals surface area contributed by atoms with Crippen LogP contribution in [-0.4, -0.2) is 46.8 Å². The molecular formula is C20H24N6O4S. The number of aryl methyl sites for hydroxylation is 1. The number of hydrogen-bond donors (Lipinski definition) is 4. The molecule has 0 bridgehead atoms. The summed E-state index contributed by atoms with van der Waals surface area (Å²) < 4.78 is 32.2. The van der Waals surface area contributed by atoms with Gasteiger partial charge in [0.15, 0.2) is 0 Å². The second kappa shape index (κ2) is 7.84. The van der Waals surface area contributed by atoms with Crippen LogP contribution in [0.2, 0.25) is 0 Å². The summed E-state index contributed by atoms with van der Waals surface area (Å²) in [5.41, 5.74) is 3.33. The SMILES string of the molecule is NS(=O)(=O)NC[C@@H]1O[C@@H](n2ccc3c(N[C@H]4CCc5ccccc54)ncnc32)C[C@@H]1O. The highest BCUT2D eigenvalue weighted by Gasteiger charge is 2.36. The van der Waals surface area contributed by atoms with Crippen molar-refractivity contribution < 1.29 is 18.3 Å². The molecule has 0 unspecified atom stereocenters. The molecule has 1 aliphatic carbocycles. The van der Waals surface area contributed by atoms with Gasteiger partial charge in [0.05, 0.1) is 23.6 Å². The Labute approximate surface area is 179 Å². The maximum Gasteiger partial charge on any atom is 0.274 e. The summed E-state index contributed by atoms with van der Waals surface area (Å²) in [5, 5.41) is 19.7. The second-order valence-corrected chi connectivity index (χ2v) is 9.32. The molecule has 1 aliphatic heterocycles. The van der Waals surface area contributed by atoms with Crippen LogP contribution in [0.25, 0.3) is 11.0 Å². The zero-order valence-corrected chi connectivity index (χ0v) is 17.5. The number of rotatable bonds is 6. The Morgan fingerprint density at radius 3 is 2.94 bits per heavy atom. The lowest BCUT2D eigenvalue weighted by atomic mass is 10.1. The molecule has 0 radical (unpaired) electrons. The van der Waals surface area contributed by atoms with Crippen molar-refractivity contribution in [1.82, 2.24) is 19.3 Å². The largest absolute Gasteiger partial charge is 0.390 e. The molecule has 11 heteroatoms. The molecule has 1 aromatic carbocycles. The summed E-state index contributed by atoms with van der Waals surface area (Å²) >= 11 is 0. The first-order valence-corrected chi connectivity index (χ1v) is 11.7. The van der Waals surface area contributed by atoms with Crippen LogP contribution in [0, 0.1) is 0 Å². The lowest BCUT2D eigenvalue weighted by Gasteiger charge is -2.17. The van der Waals surface area contributed by atoms with Gasteiger partial charge in [0, 0.05) is 19.2 Å². The third-order valence-electron chi connectivity index (χ3n) is 5.95. The third-order valence-corrected chi connectivity index (χ3v) is 6.52. The van der Waals surface area contributed by atoms with Gasteiger partial charge in [-0.15, -0.1) is 0 Å². The minimum Gasteiger partial charge on any atom is -0.390 e. The predicted molar refractivity (Wildman–Crippen MR) is 114 cm³/mol. The van der Waals surface area contributed by atoms with E-state index in [0.29, 0.717) is 12.1 Å². The summed E-state index contributed by atoms with van der Waals surface area (Å²) in [6.45, 7) is -0.0986. The van der Waals surface area contributed by atoms with E-state index in [-0.39, 0.29) is 12.6 Å². The molecule has 0 amide bonds. The fraction of sp³-hybridized carbons (Fsp3) is 0.400. The quantitative estimate of drug-likeness (QED) is 0.443. The van der Waals surface area contributed by atoms with Gasteiger partial charge < -0.3 is 19.7 Å². The normalized spacial score (nSPS) is 25.7. The van der Waals surface area contributed by atoms with Gasteiger partial charge in [0.1, 0.15) is 24.0 Å². The number of anilines is 1. The zero-order valence-electron chi connectivity index (χ0n) is 16.7. The average molecular weight is 445 g/mol. The van der Waals surface area contributed by atoms with Crippen molar-refractivity contribution in [3.8, 4) is 0 Å². The number of aromatic nitrogens is 3. The Kier molecular flexibility index (Phi) is 5.15. The van der Waals surface area contributed by atoms with Gasteiger partial charge in [0.2, 0.25) is 0 Å².